The first-order valence-corrected chi connectivity index (χ1v) is 8.87. The molecule has 1 saturated heterocycles. The Kier molecular flexibility index (Phi) is 5.89. The highest BCUT2D eigenvalue weighted by Gasteiger charge is 2.32. The first-order valence-electron chi connectivity index (χ1n) is 7.99. The molecule has 0 bridgehead atoms. The molecule has 10 heteroatoms. The molecule has 0 radical (unpaired) electrons. The Labute approximate surface area is 157 Å². The van der Waals surface area contributed by atoms with Gasteiger partial charge < -0.3 is 14.7 Å². The number of hydrogen-bond donors (Lipinski definition) is 2. The van der Waals surface area contributed by atoms with E-state index in [-0.39, 0.29) is 0 Å². The van der Waals surface area contributed by atoms with Crippen molar-refractivity contribution in [1.82, 2.24) is 20.0 Å². The normalized spacial score (nSPS) is 14.1. The minimum Gasteiger partial charge on any atom is -0.473 e. The monoisotopic (exact) mass is 388 g/mol. The third-order valence-electron chi connectivity index (χ3n) is 3.78. The second-order valence-corrected chi connectivity index (χ2v) is 6.70. The zero-order valence-electron chi connectivity index (χ0n) is 14.1. The molecule has 1 aliphatic heterocycles. The predicted molar refractivity (Wildman–Crippen MR) is 95.1 cm³/mol. The van der Waals surface area contributed by atoms with Crippen LogP contribution in [0.4, 0.5) is 0 Å². The fourth-order valence-electron chi connectivity index (χ4n) is 2.48. The Morgan fingerprint density at radius 1 is 1.19 bits per heavy atom. The lowest BCUT2D eigenvalue weighted by Gasteiger charge is -2.36. The van der Waals surface area contributed by atoms with E-state index in [1.165, 1.54) is 0 Å². The van der Waals surface area contributed by atoms with E-state index in [0.717, 1.165) is 36.1 Å². The standard InChI is InChI=1S/C15H14N4OS.C2H2O4/c1-2-6-16-12(4-1)10-19-8-11(9-19)15-17-14(18-20-15)13-5-3-7-21-13;3-1(4)2(5)6/h1-7,11H,8-10H2;(H,3,4)(H,5,6). The summed E-state index contributed by atoms with van der Waals surface area (Å²) >= 11 is 1.63. The van der Waals surface area contributed by atoms with Crippen molar-refractivity contribution in [3.8, 4) is 10.7 Å². The summed E-state index contributed by atoms with van der Waals surface area (Å²) in [6.45, 7) is 2.77. The SMILES string of the molecule is O=C(O)C(=O)O.c1ccc(CN2CC(c3nc(-c4cccs4)no3)C2)nc1. The number of carbonyl (C=O) groups is 2. The van der Waals surface area contributed by atoms with Crippen molar-refractivity contribution in [3.63, 3.8) is 0 Å². The van der Waals surface area contributed by atoms with Crippen molar-refractivity contribution in [2.45, 2.75) is 12.5 Å². The quantitative estimate of drug-likeness (QED) is 0.644. The molecular formula is C17H16N4O5S. The zero-order valence-corrected chi connectivity index (χ0v) is 14.9. The van der Waals surface area contributed by atoms with Gasteiger partial charge in [0.2, 0.25) is 11.7 Å². The molecule has 27 heavy (non-hydrogen) atoms. The summed E-state index contributed by atoms with van der Waals surface area (Å²) in [6.07, 6.45) is 1.83. The summed E-state index contributed by atoms with van der Waals surface area (Å²) in [6, 6.07) is 10.0. The van der Waals surface area contributed by atoms with Gasteiger partial charge in [-0.05, 0) is 23.6 Å². The van der Waals surface area contributed by atoms with Gasteiger partial charge in [0.15, 0.2) is 0 Å². The van der Waals surface area contributed by atoms with Gasteiger partial charge in [0, 0.05) is 25.8 Å². The largest absolute Gasteiger partial charge is 0.473 e. The Morgan fingerprint density at radius 3 is 2.56 bits per heavy atom. The van der Waals surface area contributed by atoms with E-state index in [1.54, 1.807) is 11.3 Å². The maximum atomic E-state index is 9.10. The molecule has 3 aromatic heterocycles. The van der Waals surface area contributed by atoms with Crippen LogP contribution in [0.2, 0.25) is 0 Å². The van der Waals surface area contributed by atoms with E-state index in [0.29, 0.717) is 11.7 Å². The van der Waals surface area contributed by atoms with Crippen molar-refractivity contribution in [2.75, 3.05) is 13.1 Å². The van der Waals surface area contributed by atoms with Crippen LogP contribution in [0.15, 0.2) is 46.4 Å². The summed E-state index contributed by atoms with van der Waals surface area (Å²) < 4.78 is 5.39. The molecule has 4 rings (SSSR count). The van der Waals surface area contributed by atoms with Crippen molar-refractivity contribution in [1.29, 1.82) is 0 Å². The number of carboxylic acid groups (broad SMARTS) is 2. The fraction of sp³-hybridized carbons (Fsp3) is 0.235. The number of rotatable bonds is 4. The van der Waals surface area contributed by atoms with Gasteiger partial charge in [-0.2, -0.15) is 4.98 Å². The lowest BCUT2D eigenvalue weighted by atomic mass is 10.00. The predicted octanol–water partition coefficient (Wildman–Crippen LogP) is 1.95. The smallest absolute Gasteiger partial charge is 0.414 e. The van der Waals surface area contributed by atoms with Gasteiger partial charge in [-0.25, -0.2) is 9.59 Å². The first-order chi connectivity index (χ1) is 13.0. The van der Waals surface area contributed by atoms with E-state index >= 15 is 0 Å². The summed E-state index contributed by atoms with van der Waals surface area (Å²) in [4.78, 5) is 30.4. The topological polar surface area (TPSA) is 130 Å². The van der Waals surface area contributed by atoms with E-state index < -0.39 is 11.9 Å². The molecule has 0 unspecified atom stereocenters. The fourth-order valence-corrected chi connectivity index (χ4v) is 3.13. The summed E-state index contributed by atoms with van der Waals surface area (Å²) in [5.74, 6) is -1.86. The summed E-state index contributed by atoms with van der Waals surface area (Å²) in [5, 5.41) is 20.9. The number of nitrogens with zero attached hydrogens (tertiary/aromatic N) is 4. The number of carboxylic acids is 2. The molecule has 1 aliphatic rings. The van der Waals surface area contributed by atoms with Crippen molar-refractivity contribution >= 4 is 23.3 Å². The molecule has 0 aromatic carbocycles. The lowest BCUT2D eigenvalue weighted by Crippen LogP contribution is -2.44. The van der Waals surface area contributed by atoms with Crippen LogP contribution in [0, 0.1) is 0 Å². The third kappa shape index (κ3) is 4.96. The number of hydrogen-bond acceptors (Lipinski definition) is 8. The van der Waals surface area contributed by atoms with Crippen LogP contribution in [-0.2, 0) is 16.1 Å². The van der Waals surface area contributed by atoms with Crippen LogP contribution in [0.25, 0.3) is 10.7 Å². The molecule has 0 aliphatic carbocycles. The molecule has 0 amide bonds. The number of likely N-dealkylation sites (tertiary alicyclic amines) is 1. The highest BCUT2D eigenvalue weighted by molar-refractivity contribution is 7.13. The lowest BCUT2D eigenvalue weighted by molar-refractivity contribution is -0.159. The molecule has 4 heterocycles. The second-order valence-electron chi connectivity index (χ2n) is 5.76. The van der Waals surface area contributed by atoms with E-state index in [1.807, 2.05) is 35.8 Å². The minimum atomic E-state index is -1.82. The molecule has 3 aromatic rings. The number of pyridine rings is 1. The van der Waals surface area contributed by atoms with Crippen molar-refractivity contribution < 1.29 is 24.3 Å². The molecular weight excluding hydrogens is 372 g/mol. The molecule has 9 nitrogen and oxygen atoms in total. The van der Waals surface area contributed by atoms with Gasteiger partial charge in [0.1, 0.15) is 0 Å². The molecule has 140 valence electrons. The van der Waals surface area contributed by atoms with Crippen LogP contribution in [0.1, 0.15) is 17.5 Å². The average Bonchev–Trinajstić information content (AvgIpc) is 3.30. The van der Waals surface area contributed by atoms with Crippen LogP contribution in [0.3, 0.4) is 0 Å². The summed E-state index contributed by atoms with van der Waals surface area (Å²) in [7, 11) is 0. The van der Waals surface area contributed by atoms with E-state index in [9.17, 15) is 0 Å². The van der Waals surface area contributed by atoms with Crippen LogP contribution < -0.4 is 0 Å². The van der Waals surface area contributed by atoms with Crippen LogP contribution >= 0.6 is 11.3 Å². The number of thiophene rings is 1. The minimum absolute atomic E-state index is 0.343. The van der Waals surface area contributed by atoms with E-state index in [4.69, 9.17) is 24.3 Å². The molecule has 0 spiro atoms. The third-order valence-corrected chi connectivity index (χ3v) is 4.65. The Balaban J connectivity index is 0.000000307. The second kappa shape index (κ2) is 8.52. The molecule has 0 saturated carbocycles. The van der Waals surface area contributed by atoms with Gasteiger partial charge in [0.05, 0.1) is 16.5 Å². The highest BCUT2D eigenvalue weighted by atomic mass is 32.1. The highest BCUT2D eigenvalue weighted by Crippen LogP contribution is 2.29. The van der Waals surface area contributed by atoms with Gasteiger partial charge in [-0.1, -0.05) is 17.3 Å². The van der Waals surface area contributed by atoms with Gasteiger partial charge >= 0.3 is 11.9 Å². The van der Waals surface area contributed by atoms with Gasteiger partial charge in [0.25, 0.3) is 0 Å². The molecule has 1 fully saturated rings. The van der Waals surface area contributed by atoms with Crippen LogP contribution in [0.5, 0.6) is 0 Å². The molecule has 0 atom stereocenters. The maximum absolute atomic E-state index is 9.10. The zero-order chi connectivity index (χ0) is 19.2. The van der Waals surface area contributed by atoms with Crippen molar-refractivity contribution in [3.05, 3.63) is 53.5 Å². The van der Waals surface area contributed by atoms with Crippen molar-refractivity contribution in [2.24, 2.45) is 0 Å². The van der Waals surface area contributed by atoms with Gasteiger partial charge in [-0.3, -0.25) is 9.88 Å². The van der Waals surface area contributed by atoms with Crippen LogP contribution in [-0.4, -0.2) is 55.3 Å². The molecule has 2 N–H and O–H groups in total. The summed E-state index contributed by atoms with van der Waals surface area (Å²) in [5.41, 5.74) is 1.10. The van der Waals surface area contributed by atoms with E-state index in [2.05, 4.69) is 26.1 Å². The number of aliphatic carboxylic acids is 2. The number of aromatic nitrogens is 3. The maximum Gasteiger partial charge on any atom is 0.414 e. The van der Waals surface area contributed by atoms with Gasteiger partial charge in [-0.15, -0.1) is 11.3 Å². The Bertz CT molecular complexity index is 879. The average molecular weight is 388 g/mol. The Morgan fingerprint density at radius 2 is 1.96 bits per heavy atom. The Hall–Kier alpha value is -3.11. The first kappa shape index (κ1) is 18.7.